The van der Waals surface area contributed by atoms with Crippen molar-refractivity contribution in [2.24, 2.45) is 11.3 Å². The molecule has 3 aromatic rings. The number of amides is 2. The van der Waals surface area contributed by atoms with E-state index in [4.69, 9.17) is 9.47 Å². The molecule has 3 aromatic carbocycles. The Kier molecular flexibility index (Phi) is 5.75. The normalized spacial score (nSPS) is 16.4. The van der Waals surface area contributed by atoms with E-state index in [0.717, 1.165) is 16.8 Å². The Morgan fingerprint density at radius 2 is 1.63 bits per heavy atom. The van der Waals surface area contributed by atoms with E-state index >= 15 is 0 Å². The van der Waals surface area contributed by atoms with E-state index in [1.54, 1.807) is 0 Å². The zero-order valence-corrected chi connectivity index (χ0v) is 20.5. The maximum Gasteiger partial charge on any atom is 0.236 e. The maximum atomic E-state index is 13.6. The smallest absolute Gasteiger partial charge is 0.236 e. The number of ether oxygens (including phenoxy) is 2. The molecule has 2 aliphatic heterocycles. The lowest BCUT2D eigenvalue weighted by Crippen LogP contribution is -2.43. The summed E-state index contributed by atoms with van der Waals surface area (Å²) >= 11 is 0. The zero-order valence-electron chi connectivity index (χ0n) is 20.5. The van der Waals surface area contributed by atoms with Crippen LogP contribution in [-0.2, 0) is 9.59 Å². The lowest BCUT2D eigenvalue weighted by Gasteiger charge is -2.29. The van der Waals surface area contributed by atoms with Gasteiger partial charge in [-0.05, 0) is 44.0 Å². The number of nitrogens with one attached hydrogen (secondary N) is 1. The number of hydrogen-bond acceptors (Lipinski definition) is 4. The first-order chi connectivity index (χ1) is 16.7. The molecule has 0 bridgehead atoms. The molecule has 0 saturated carbocycles. The van der Waals surface area contributed by atoms with Crippen molar-refractivity contribution in [1.29, 1.82) is 0 Å². The standard InChI is InChI=1S/C29H30N2O4/c1-18(2)16-31-22-14-13-19(15-25(22)34-17-29(3,4)28(31)33)30-27(32)26-20-9-5-7-11-23(20)35-24-12-8-6-10-21(24)26/h5-15,18,26H,16-17H2,1-4H3,(H,30,32). The van der Waals surface area contributed by atoms with Crippen molar-refractivity contribution in [2.75, 3.05) is 23.4 Å². The van der Waals surface area contributed by atoms with Gasteiger partial charge in [-0.3, -0.25) is 9.59 Å². The van der Waals surface area contributed by atoms with Crippen molar-refractivity contribution in [3.05, 3.63) is 77.9 Å². The van der Waals surface area contributed by atoms with Gasteiger partial charge in [0.15, 0.2) is 0 Å². The van der Waals surface area contributed by atoms with Crippen molar-refractivity contribution >= 4 is 23.2 Å². The van der Waals surface area contributed by atoms with Crippen molar-refractivity contribution in [1.82, 2.24) is 0 Å². The second-order valence-electron chi connectivity index (χ2n) is 10.3. The van der Waals surface area contributed by atoms with Gasteiger partial charge in [-0.15, -0.1) is 0 Å². The average Bonchev–Trinajstić information content (AvgIpc) is 2.92. The van der Waals surface area contributed by atoms with E-state index in [9.17, 15) is 9.59 Å². The highest BCUT2D eigenvalue weighted by Gasteiger charge is 2.38. The van der Waals surface area contributed by atoms with Crippen LogP contribution in [0, 0.1) is 11.3 Å². The van der Waals surface area contributed by atoms with Gasteiger partial charge in [0.1, 0.15) is 23.9 Å². The Hall–Kier alpha value is -3.80. The highest BCUT2D eigenvalue weighted by atomic mass is 16.5. The molecule has 2 heterocycles. The topological polar surface area (TPSA) is 67.9 Å². The van der Waals surface area contributed by atoms with Crippen molar-refractivity contribution < 1.29 is 19.1 Å². The van der Waals surface area contributed by atoms with Gasteiger partial charge in [-0.1, -0.05) is 50.2 Å². The summed E-state index contributed by atoms with van der Waals surface area (Å²) in [5, 5.41) is 3.07. The lowest BCUT2D eigenvalue weighted by atomic mass is 9.87. The molecule has 0 saturated heterocycles. The van der Waals surface area contributed by atoms with E-state index in [2.05, 4.69) is 19.2 Å². The highest BCUT2D eigenvalue weighted by Crippen LogP contribution is 2.45. The summed E-state index contributed by atoms with van der Waals surface area (Å²) in [6.45, 7) is 8.84. The Balaban J connectivity index is 1.48. The molecule has 0 spiro atoms. The Morgan fingerprint density at radius 3 is 2.26 bits per heavy atom. The number of carbonyl (C=O) groups is 2. The van der Waals surface area contributed by atoms with Crippen LogP contribution in [0.2, 0.25) is 0 Å². The summed E-state index contributed by atoms with van der Waals surface area (Å²) in [4.78, 5) is 28.7. The second-order valence-corrected chi connectivity index (χ2v) is 10.3. The summed E-state index contributed by atoms with van der Waals surface area (Å²) in [6, 6.07) is 20.7. The predicted molar refractivity (Wildman–Crippen MR) is 136 cm³/mol. The van der Waals surface area contributed by atoms with Gasteiger partial charge in [0.25, 0.3) is 0 Å². The molecule has 0 aliphatic carbocycles. The van der Waals surface area contributed by atoms with Crippen LogP contribution in [0.25, 0.3) is 0 Å². The monoisotopic (exact) mass is 470 g/mol. The van der Waals surface area contributed by atoms with Crippen LogP contribution in [0.5, 0.6) is 17.2 Å². The predicted octanol–water partition coefficient (Wildman–Crippen LogP) is 5.97. The Bertz CT molecular complexity index is 1250. The maximum absolute atomic E-state index is 13.6. The number of rotatable bonds is 4. The number of nitrogens with zero attached hydrogens (tertiary/aromatic N) is 1. The third kappa shape index (κ3) is 4.25. The molecule has 6 heteroatoms. The van der Waals surface area contributed by atoms with Crippen molar-refractivity contribution in [3.8, 4) is 17.2 Å². The number of fused-ring (bicyclic) bond motifs is 3. The second kappa shape index (κ2) is 8.77. The lowest BCUT2D eigenvalue weighted by molar-refractivity contribution is -0.127. The minimum Gasteiger partial charge on any atom is -0.490 e. The van der Waals surface area contributed by atoms with Gasteiger partial charge in [0.2, 0.25) is 11.8 Å². The molecule has 2 aliphatic rings. The molecular formula is C29H30N2O4. The first-order valence-corrected chi connectivity index (χ1v) is 12.0. The van der Waals surface area contributed by atoms with Gasteiger partial charge in [0, 0.05) is 29.4 Å². The summed E-state index contributed by atoms with van der Waals surface area (Å²) in [5.41, 5.74) is 2.35. The molecular weight excluding hydrogens is 440 g/mol. The van der Waals surface area contributed by atoms with E-state index in [1.165, 1.54) is 0 Å². The fourth-order valence-corrected chi connectivity index (χ4v) is 4.68. The van der Waals surface area contributed by atoms with Crippen LogP contribution in [-0.4, -0.2) is 25.0 Å². The fourth-order valence-electron chi connectivity index (χ4n) is 4.68. The molecule has 0 fully saturated rings. The molecule has 2 amide bonds. The Labute approximate surface area is 205 Å². The van der Waals surface area contributed by atoms with Crippen LogP contribution in [0.1, 0.15) is 44.7 Å². The van der Waals surface area contributed by atoms with Crippen molar-refractivity contribution in [3.63, 3.8) is 0 Å². The largest absolute Gasteiger partial charge is 0.490 e. The van der Waals surface area contributed by atoms with Crippen LogP contribution in [0.4, 0.5) is 11.4 Å². The number of para-hydroxylation sites is 2. The van der Waals surface area contributed by atoms with Gasteiger partial charge in [-0.2, -0.15) is 0 Å². The number of benzene rings is 3. The molecule has 0 aromatic heterocycles. The van der Waals surface area contributed by atoms with E-state index < -0.39 is 11.3 Å². The Morgan fingerprint density at radius 1 is 1.00 bits per heavy atom. The summed E-state index contributed by atoms with van der Waals surface area (Å²) in [5.74, 6) is 1.63. The third-order valence-corrected chi connectivity index (χ3v) is 6.42. The summed E-state index contributed by atoms with van der Waals surface area (Å²) in [6.07, 6.45) is 0. The molecule has 5 rings (SSSR count). The molecule has 1 N–H and O–H groups in total. The molecule has 180 valence electrons. The summed E-state index contributed by atoms with van der Waals surface area (Å²) < 4.78 is 12.1. The van der Waals surface area contributed by atoms with E-state index in [1.807, 2.05) is 85.5 Å². The molecule has 0 radical (unpaired) electrons. The third-order valence-electron chi connectivity index (χ3n) is 6.42. The molecule has 6 nitrogen and oxygen atoms in total. The average molecular weight is 471 g/mol. The minimum atomic E-state index is -0.646. The van der Waals surface area contributed by atoms with Crippen LogP contribution in [0.15, 0.2) is 66.7 Å². The quantitative estimate of drug-likeness (QED) is 0.510. The van der Waals surface area contributed by atoms with Crippen LogP contribution >= 0.6 is 0 Å². The molecule has 35 heavy (non-hydrogen) atoms. The fraction of sp³-hybridized carbons (Fsp3) is 0.310. The first-order valence-electron chi connectivity index (χ1n) is 12.0. The summed E-state index contributed by atoms with van der Waals surface area (Å²) in [7, 11) is 0. The van der Waals surface area contributed by atoms with Crippen LogP contribution in [0.3, 0.4) is 0 Å². The first kappa shape index (κ1) is 23.0. The van der Waals surface area contributed by atoms with E-state index in [-0.39, 0.29) is 18.4 Å². The van der Waals surface area contributed by atoms with Gasteiger partial charge in [0.05, 0.1) is 17.0 Å². The molecule has 0 unspecified atom stereocenters. The van der Waals surface area contributed by atoms with Gasteiger partial charge >= 0.3 is 0 Å². The van der Waals surface area contributed by atoms with Crippen molar-refractivity contribution in [2.45, 2.75) is 33.6 Å². The molecule has 0 atom stereocenters. The number of anilines is 2. The highest BCUT2D eigenvalue weighted by molar-refractivity contribution is 6.02. The SMILES string of the molecule is CC(C)CN1C(=O)C(C)(C)COc2cc(NC(=O)C3c4ccccc4Oc4ccccc43)ccc21. The zero-order chi connectivity index (χ0) is 24.7. The number of hydrogen-bond donors (Lipinski definition) is 1. The number of carbonyl (C=O) groups excluding carboxylic acids is 2. The van der Waals surface area contributed by atoms with Crippen LogP contribution < -0.4 is 19.7 Å². The van der Waals surface area contributed by atoms with E-state index in [0.29, 0.717) is 35.4 Å². The van der Waals surface area contributed by atoms with Gasteiger partial charge < -0.3 is 19.7 Å². The minimum absolute atomic E-state index is 0.0390. The van der Waals surface area contributed by atoms with Gasteiger partial charge in [-0.25, -0.2) is 0 Å².